The third-order valence-electron chi connectivity index (χ3n) is 6.89. The second-order valence-corrected chi connectivity index (χ2v) is 9.55. The highest BCUT2D eigenvalue weighted by molar-refractivity contribution is 5.84. The Labute approximate surface area is 188 Å². The monoisotopic (exact) mass is 427 g/mol. The summed E-state index contributed by atoms with van der Waals surface area (Å²) in [6.45, 7) is 7.90. The lowest BCUT2D eigenvalue weighted by atomic mass is 9.85. The van der Waals surface area contributed by atoms with Crippen molar-refractivity contribution in [1.82, 2.24) is 20.4 Å². The average Bonchev–Trinajstić information content (AvgIpc) is 3.24. The Morgan fingerprint density at radius 1 is 1.23 bits per heavy atom. The third kappa shape index (κ3) is 6.22. The number of rotatable bonds is 7. The standard InChI is InChI=1S/C25H41N5O/c1-5-26-24(27-19-25(14-9-10-15-25)23(31)29(3)4)28-22-13-16-30(20(2)17-22)18-21-11-7-6-8-12-21/h6-8,11-12,20,22H,5,9-10,13-19H2,1-4H3,(H2,26,27,28). The molecule has 2 unspecified atom stereocenters. The zero-order valence-corrected chi connectivity index (χ0v) is 19.9. The van der Waals surface area contributed by atoms with Gasteiger partial charge >= 0.3 is 0 Å². The van der Waals surface area contributed by atoms with Crippen LogP contribution < -0.4 is 10.6 Å². The molecular formula is C25H41N5O. The van der Waals surface area contributed by atoms with Gasteiger partial charge in [0.2, 0.25) is 5.91 Å². The Hall–Kier alpha value is -2.08. The maximum absolute atomic E-state index is 12.9. The molecular weight excluding hydrogens is 386 g/mol. The molecule has 1 aromatic carbocycles. The van der Waals surface area contributed by atoms with Gasteiger partial charge in [-0.1, -0.05) is 43.2 Å². The molecule has 2 atom stereocenters. The fraction of sp³-hybridized carbons (Fsp3) is 0.680. The number of piperidine rings is 1. The van der Waals surface area contributed by atoms with Crippen LogP contribution in [0.2, 0.25) is 0 Å². The topological polar surface area (TPSA) is 60.0 Å². The highest BCUT2D eigenvalue weighted by atomic mass is 16.2. The highest BCUT2D eigenvalue weighted by Crippen LogP contribution is 2.39. The first-order chi connectivity index (χ1) is 14.9. The van der Waals surface area contributed by atoms with Crippen LogP contribution in [-0.2, 0) is 11.3 Å². The van der Waals surface area contributed by atoms with Crippen LogP contribution in [0.4, 0.5) is 0 Å². The van der Waals surface area contributed by atoms with Crippen molar-refractivity contribution in [1.29, 1.82) is 0 Å². The smallest absolute Gasteiger partial charge is 0.230 e. The van der Waals surface area contributed by atoms with E-state index >= 15 is 0 Å². The lowest BCUT2D eigenvalue weighted by Gasteiger charge is -2.38. The minimum Gasteiger partial charge on any atom is -0.357 e. The summed E-state index contributed by atoms with van der Waals surface area (Å²) < 4.78 is 0. The molecule has 1 aliphatic carbocycles. The summed E-state index contributed by atoms with van der Waals surface area (Å²) in [5, 5.41) is 7.07. The van der Waals surface area contributed by atoms with Gasteiger partial charge in [0.05, 0.1) is 12.0 Å². The minimum absolute atomic E-state index is 0.229. The Balaban J connectivity index is 1.59. The quantitative estimate of drug-likeness (QED) is 0.518. The zero-order valence-electron chi connectivity index (χ0n) is 19.9. The summed E-state index contributed by atoms with van der Waals surface area (Å²) in [6.07, 6.45) is 6.33. The van der Waals surface area contributed by atoms with Crippen molar-refractivity contribution < 1.29 is 4.79 Å². The fourth-order valence-corrected chi connectivity index (χ4v) is 5.11. The molecule has 0 spiro atoms. The van der Waals surface area contributed by atoms with Gasteiger partial charge in [-0.15, -0.1) is 0 Å². The number of nitrogens with zero attached hydrogens (tertiary/aromatic N) is 3. The van der Waals surface area contributed by atoms with Gasteiger partial charge in [-0.3, -0.25) is 14.7 Å². The van der Waals surface area contributed by atoms with Crippen molar-refractivity contribution in [3.63, 3.8) is 0 Å². The number of hydrogen-bond donors (Lipinski definition) is 2. The van der Waals surface area contributed by atoms with Crippen LogP contribution in [0.3, 0.4) is 0 Å². The predicted octanol–water partition coefficient (Wildman–Crippen LogP) is 3.24. The summed E-state index contributed by atoms with van der Waals surface area (Å²) in [7, 11) is 3.72. The molecule has 1 saturated carbocycles. The molecule has 2 aliphatic rings. The Morgan fingerprint density at radius 2 is 1.94 bits per heavy atom. The molecule has 6 heteroatoms. The zero-order chi connectivity index (χ0) is 22.3. The molecule has 0 bridgehead atoms. The third-order valence-corrected chi connectivity index (χ3v) is 6.89. The van der Waals surface area contributed by atoms with Crippen LogP contribution in [0.15, 0.2) is 35.3 Å². The lowest BCUT2D eigenvalue weighted by Crippen LogP contribution is -2.51. The summed E-state index contributed by atoms with van der Waals surface area (Å²) in [4.78, 5) is 22.1. The van der Waals surface area contributed by atoms with E-state index in [1.807, 2.05) is 14.1 Å². The molecule has 0 aromatic heterocycles. The molecule has 0 radical (unpaired) electrons. The van der Waals surface area contributed by atoms with Gasteiger partial charge in [-0.25, -0.2) is 0 Å². The second kappa shape index (κ2) is 11.0. The molecule has 1 heterocycles. The molecule has 1 aromatic rings. The van der Waals surface area contributed by atoms with Crippen molar-refractivity contribution in [2.24, 2.45) is 10.4 Å². The number of carbonyl (C=O) groups excluding carboxylic acids is 1. The fourth-order valence-electron chi connectivity index (χ4n) is 5.11. The Bertz CT molecular complexity index is 727. The molecule has 1 aliphatic heterocycles. The van der Waals surface area contributed by atoms with Crippen molar-refractivity contribution in [3.8, 4) is 0 Å². The minimum atomic E-state index is -0.321. The van der Waals surface area contributed by atoms with E-state index < -0.39 is 0 Å². The summed E-state index contributed by atoms with van der Waals surface area (Å²) in [5.74, 6) is 1.08. The van der Waals surface area contributed by atoms with Gasteiger partial charge in [0.15, 0.2) is 5.96 Å². The van der Waals surface area contributed by atoms with Gasteiger partial charge in [-0.2, -0.15) is 0 Å². The van der Waals surface area contributed by atoms with Gasteiger partial charge in [0, 0.05) is 45.8 Å². The number of nitrogens with one attached hydrogen (secondary N) is 2. The summed E-state index contributed by atoms with van der Waals surface area (Å²) in [5.41, 5.74) is 1.06. The first-order valence-electron chi connectivity index (χ1n) is 12.0. The van der Waals surface area contributed by atoms with E-state index in [9.17, 15) is 4.79 Å². The number of aliphatic imine (C=N–C) groups is 1. The van der Waals surface area contributed by atoms with Gasteiger partial charge in [-0.05, 0) is 45.1 Å². The number of benzene rings is 1. The maximum Gasteiger partial charge on any atom is 0.230 e. The van der Waals surface area contributed by atoms with E-state index in [0.717, 1.165) is 64.1 Å². The molecule has 6 nitrogen and oxygen atoms in total. The molecule has 2 N–H and O–H groups in total. The van der Waals surface area contributed by atoms with Crippen LogP contribution in [0.1, 0.15) is 57.9 Å². The van der Waals surface area contributed by atoms with Crippen molar-refractivity contribution in [2.45, 2.75) is 71.0 Å². The van der Waals surface area contributed by atoms with E-state index in [1.54, 1.807) is 4.90 Å². The Morgan fingerprint density at radius 3 is 2.55 bits per heavy atom. The molecule has 1 saturated heterocycles. The lowest BCUT2D eigenvalue weighted by molar-refractivity contribution is -0.138. The van der Waals surface area contributed by atoms with Gasteiger partial charge in [0.1, 0.15) is 0 Å². The predicted molar refractivity (Wildman–Crippen MR) is 128 cm³/mol. The van der Waals surface area contributed by atoms with Crippen LogP contribution >= 0.6 is 0 Å². The highest BCUT2D eigenvalue weighted by Gasteiger charge is 2.42. The normalized spacial score (nSPS) is 24.1. The largest absolute Gasteiger partial charge is 0.357 e. The van der Waals surface area contributed by atoms with E-state index in [0.29, 0.717) is 18.6 Å². The molecule has 31 heavy (non-hydrogen) atoms. The van der Waals surface area contributed by atoms with E-state index in [2.05, 4.69) is 59.7 Å². The van der Waals surface area contributed by atoms with E-state index in [1.165, 1.54) is 5.56 Å². The maximum atomic E-state index is 12.9. The first-order valence-corrected chi connectivity index (χ1v) is 12.0. The van der Waals surface area contributed by atoms with Crippen molar-refractivity contribution >= 4 is 11.9 Å². The molecule has 3 rings (SSSR count). The van der Waals surface area contributed by atoms with Gasteiger partial charge < -0.3 is 15.5 Å². The summed E-state index contributed by atoms with van der Waals surface area (Å²) in [6, 6.07) is 11.7. The number of hydrogen-bond acceptors (Lipinski definition) is 3. The first kappa shape index (κ1) is 23.6. The molecule has 2 fully saturated rings. The number of guanidine groups is 1. The number of carbonyl (C=O) groups is 1. The molecule has 172 valence electrons. The number of likely N-dealkylation sites (tertiary alicyclic amines) is 1. The van der Waals surface area contributed by atoms with Crippen LogP contribution in [0.5, 0.6) is 0 Å². The van der Waals surface area contributed by atoms with Crippen LogP contribution in [0, 0.1) is 5.41 Å². The van der Waals surface area contributed by atoms with E-state index in [4.69, 9.17) is 4.99 Å². The van der Waals surface area contributed by atoms with Crippen LogP contribution in [0.25, 0.3) is 0 Å². The molecule has 1 amide bonds. The average molecular weight is 428 g/mol. The van der Waals surface area contributed by atoms with Crippen molar-refractivity contribution in [2.75, 3.05) is 33.7 Å². The van der Waals surface area contributed by atoms with Crippen LogP contribution in [-0.4, -0.2) is 67.5 Å². The van der Waals surface area contributed by atoms with Crippen molar-refractivity contribution in [3.05, 3.63) is 35.9 Å². The summed E-state index contributed by atoms with van der Waals surface area (Å²) >= 11 is 0. The van der Waals surface area contributed by atoms with E-state index in [-0.39, 0.29) is 11.3 Å². The SMILES string of the molecule is CCNC(=NCC1(C(=O)N(C)C)CCCC1)NC1CCN(Cc2ccccc2)C(C)C1. The Kier molecular flexibility index (Phi) is 8.35. The second-order valence-electron chi connectivity index (χ2n) is 9.55. The number of amides is 1. The van der Waals surface area contributed by atoms with Gasteiger partial charge in [0.25, 0.3) is 0 Å².